The van der Waals surface area contributed by atoms with E-state index in [1.807, 2.05) is 7.05 Å². The first-order chi connectivity index (χ1) is 6.86. The van der Waals surface area contributed by atoms with Gasteiger partial charge in [-0.3, -0.25) is 0 Å². The Balaban J connectivity index is 2.22. The van der Waals surface area contributed by atoms with Crippen molar-refractivity contribution in [1.29, 1.82) is 0 Å². The highest BCUT2D eigenvalue weighted by molar-refractivity contribution is 4.81. The van der Waals surface area contributed by atoms with Crippen LogP contribution in [-0.2, 0) is 17.7 Å². The molecule has 1 heterocycles. The fraction of sp³-hybridized carbons (Fsp3) is 0.778. The molecule has 0 amide bonds. The van der Waals surface area contributed by atoms with Gasteiger partial charge in [-0.2, -0.15) is 0 Å². The summed E-state index contributed by atoms with van der Waals surface area (Å²) in [5.74, 6) is 1.27. The van der Waals surface area contributed by atoms with Crippen molar-refractivity contribution >= 4 is 0 Å². The molecule has 0 radical (unpaired) electrons. The van der Waals surface area contributed by atoms with Crippen molar-refractivity contribution in [3.63, 3.8) is 0 Å². The lowest BCUT2D eigenvalue weighted by Gasteiger charge is -1.97. The molecule has 0 saturated heterocycles. The van der Waals surface area contributed by atoms with Crippen LogP contribution in [0.15, 0.2) is 4.42 Å². The molecule has 14 heavy (non-hydrogen) atoms. The maximum absolute atomic E-state index is 5.34. The van der Waals surface area contributed by atoms with E-state index in [2.05, 4.69) is 22.4 Å². The van der Waals surface area contributed by atoms with Gasteiger partial charge in [0.25, 0.3) is 0 Å². The van der Waals surface area contributed by atoms with Crippen molar-refractivity contribution < 1.29 is 9.15 Å². The van der Waals surface area contributed by atoms with Crippen LogP contribution < -0.4 is 5.32 Å². The minimum absolute atomic E-state index is 0.614. The normalized spacial score (nSPS) is 10.7. The predicted molar refractivity (Wildman–Crippen MR) is 51.9 cm³/mol. The molecule has 1 rings (SSSR count). The summed E-state index contributed by atoms with van der Waals surface area (Å²) in [5.41, 5.74) is 0. The standard InChI is InChI=1S/C9H17N3O2/c1-3-5-13-6-4-8-11-12-9(14-8)7-10-2/h10H,3-7H2,1-2H3. The first kappa shape index (κ1) is 11.1. The van der Waals surface area contributed by atoms with E-state index in [9.17, 15) is 0 Å². The third kappa shape index (κ3) is 3.85. The largest absolute Gasteiger partial charge is 0.424 e. The molecule has 80 valence electrons. The smallest absolute Gasteiger partial charge is 0.230 e. The molecular formula is C9H17N3O2. The molecule has 0 bridgehead atoms. The molecule has 1 aromatic heterocycles. The fourth-order valence-electron chi connectivity index (χ4n) is 1.02. The molecule has 0 unspecified atom stereocenters. The summed E-state index contributed by atoms with van der Waals surface area (Å²) in [7, 11) is 1.84. The second-order valence-corrected chi connectivity index (χ2v) is 2.98. The Labute approximate surface area is 83.9 Å². The maximum atomic E-state index is 5.34. The number of aromatic nitrogens is 2. The van der Waals surface area contributed by atoms with Gasteiger partial charge in [-0.15, -0.1) is 10.2 Å². The summed E-state index contributed by atoms with van der Waals surface area (Å²) in [6.07, 6.45) is 1.73. The van der Waals surface area contributed by atoms with Gasteiger partial charge in [0.1, 0.15) is 0 Å². The third-order valence-corrected chi connectivity index (χ3v) is 1.65. The van der Waals surface area contributed by atoms with Crippen LogP contribution in [0.25, 0.3) is 0 Å². The van der Waals surface area contributed by atoms with Crippen LogP contribution in [0.3, 0.4) is 0 Å². The Morgan fingerprint density at radius 2 is 2.07 bits per heavy atom. The Morgan fingerprint density at radius 1 is 1.29 bits per heavy atom. The first-order valence-electron chi connectivity index (χ1n) is 4.90. The molecule has 0 fully saturated rings. The highest BCUT2D eigenvalue weighted by Gasteiger charge is 2.04. The Morgan fingerprint density at radius 3 is 2.79 bits per heavy atom. The summed E-state index contributed by atoms with van der Waals surface area (Å²) in [6, 6.07) is 0. The molecule has 0 aliphatic heterocycles. The van der Waals surface area contributed by atoms with Crippen LogP contribution in [0, 0.1) is 0 Å². The van der Waals surface area contributed by atoms with Gasteiger partial charge in [0.15, 0.2) is 0 Å². The zero-order valence-electron chi connectivity index (χ0n) is 8.75. The van der Waals surface area contributed by atoms with Crippen molar-refractivity contribution in [1.82, 2.24) is 15.5 Å². The Hall–Kier alpha value is -0.940. The Bertz CT molecular complexity index is 250. The molecule has 0 aliphatic rings. The maximum Gasteiger partial charge on any atom is 0.230 e. The summed E-state index contributed by atoms with van der Waals surface area (Å²) < 4.78 is 10.7. The minimum atomic E-state index is 0.614. The van der Waals surface area contributed by atoms with E-state index in [4.69, 9.17) is 9.15 Å². The number of hydrogen-bond donors (Lipinski definition) is 1. The quantitative estimate of drug-likeness (QED) is 0.657. The molecule has 5 nitrogen and oxygen atoms in total. The number of ether oxygens (including phenoxy) is 1. The summed E-state index contributed by atoms with van der Waals surface area (Å²) in [4.78, 5) is 0. The molecule has 0 aliphatic carbocycles. The van der Waals surface area contributed by atoms with E-state index in [0.29, 0.717) is 31.4 Å². The highest BCUT2D eigenvalue weighted by atomic mass is 16.5. The van der Waals surface area contributed by atoms with Gasteiger partial charge in [-0.1, -0.05) is 6.92 Å². The van der Waals surface area contributed by atoms with E-state index in [1.54, 1.807) is 0 Å². The zero-order chi connectivity index (χ0) is 10.2. The van der Waals surface area contributed by atoms with Crippen LogP contribution in [0.4, 0.5) is 0 Å². The molecule has 0 saturated carbocycles. The number of nitrogens with zero attached hydrogens (tertiary/aromatic N) is 2. The second-order valence-electron chi connectivity index (χ2n) is 2.98. The van der Waals surface area contributed by atoms with E-state index in [-0.39, 0.29) is 0 Å². The van der Waals surface area contributed by atoms with Crippen molar-refractivity contribution in [3.8, 4) is 0 Å². The highest BCUT2D eigenvalue weighted by Crippen LogP contribution is 2.00. The Kier molecular flexibility index (Phi) is 5.17. The van der Waals surface area contributed by atoms with Crippen LogP contribution >= 0.6 is 0 Å². The molecular weight excluding hydrogens is 182 g/mol. The average molecular weight is 199 g/mol. The number of hydrogen-bond acceptors (Lipinski definition) is 5. The van der Waals surface area contributed by atoms with Crippen molar-refractivity contribution in [2.45, 2.75) is 26.3 Å². The molecule has 1 aromatic rings. The van der Waals surface area contributed by atoms with Gasteiger partial charge in [0, 0.05) is 13.0 Å². The number of rotatable bonds is 7. The second kappa shape index (κ2) is 6.50. The van der Waals surface area contributed by atoms with Crippen LogP contribution in [0.1, 0.15) is 25.1 Å². The fourth-order valence-corrected chi connectivity index (χ4v) is 1.02. The van der Waals surface area contributed by atoms with Crippen LogP contribution in [-0.4, -0.2) is 30.5 Å². The average Bonchev–Trinajstić information content (AvgIpc) is 2.61. The molecule has 1 N–H and O–H groups in total. The van der Waals surface area contributed by atoms with Gasteiger partial charge >= 0.3 is 0 Å². The lowest BCUT2D eigenvalue weighted by molar-refractivity contribution is 0.133. The van der Waals surface area contributed by atoms with Crippen molar-refractivity contribution in [2.75, 3.05) is 20.3 Å². The number of nitrogens with one attached hydrogen (secondary N) is 1. The van der Waals surface area contributed by atoms with Gasteiger partial charge in [-0.05, 0) is 13.5 Å². The SMILES string of the molecule is CCCOCCc1nnc(CNC)o1. The minimum Gasteiger partial charge on any atom is -0.424 e. The summed E-state index contributed by atoms with van der Waals surface area (Å²) in [5, 5.41) is 10.7. The lowest BCUT2D eigenvalue weighted by Crippen LogP contribution is -2.04. The van der Waals surface area contributed by atoms with E-state index < -0.39 is 0 Å². The van der Waals surface area contributed by atoms with Crippen molar-refractivity contribution in [2.24, 2.45) is 0 Å². The summed E-state index contributed by atoms with van der Waals surface area (Å²) >= 11 is 0. The monoisotopic (exact) mass is 199 g/mol. The van der Waals surface area contributed by atoms with E-state index in [1.165, 1.54) is 0 Å². The van der Waals surface area contributed by atoms with Gasteiger partial charge in [0.05, 0.1) is 13.2 Å². The summed E-state index contributed by atoms with van der Waals surface area (Å²) in [6.45, 7) is 4.13. The van der Waals surface area contributed by atoms with E-state index in [0.717, 1.165) is 13.0 Å². The van der Waals surface area contributed by atoms with Crippen LogP contribution in [0.5, 0.6) is 0 Å². The lowest BCUT2D eigenvalue weighted by atomic mass is 10.4. The van der Waals surface area contributed by atoms with Gasteiger partial charge in [-0.25, -0.2) is 0 Å². The topological polar surface area (TPSA) is 60.2 Å². The first-order valence-corrected chi connectivity index (χ1v) is 4.90. The third-order valence-electron chi connectivity index (χ3n) is 1.65. The molecule has 0 aromatic carbocycles. The van der Waals surface area contributed by atoms with Crippen molar-refractivity contribution in [3.05, 3.63) is 11.8 Å². The predicted octanol–water partition coefficient (Wildman–Crippen LogP) is 0.758. The molecule has 0 spiro atoms. The van der Waals surface area contributed by atoms with Gasteiger partial charge in [0.2, 0.25) is 11.8 Å². The van der Waals surface area contributed by atoms with E-state index >= 15 is 0 Å². The zero-order valence-corrected chi connectivity index (χ0v) is 8.75. The van der Waals surface area contributed by atoms with Gasteiger partial charge < -0.3 is 14.5 Å². The molecule has 0 atom stereocenters. The van der Waals surface area contributed by atoms with Crippen LogP contribution in [0.2, 0.25) is 0 Å². The molecule has 5 heteroatoms.